The summed E-state index contributed by atoms with van der Waals surface area (Å²) < 4.78 is 1.22. The SMILES string of the molecule is CCCCCCCCCCC(NC)c1cccc(Br)c1C. The minimum atomic E-state index is 0.489. The molecule has 0 heterocycles. The second-order valence-electron chi connectivity index (χ2n) is 6.06. The van der Waals surface area contributed by atoms with E-state index in [1.165, 1.54) is 73.4 Å². The van der Waals surface area contributed by atoms with Gasteiger partial charge in [-0.2, -0.15) is 0 Å². The first-order valence-electron chi connectivity index (χ1n) is 8.63. The van der Waals surface area contributed by atoms with Crippen LogP contribution in [0.25, 0.3) is 0 Å². The van der Waals surface area contributed by atoms with E-state index in [-0.39, 0.29) is 0 Å². The van der Waals surface area contributed by atoms with Gasteiger partial charge in [0.15, 0.2) is 0 Å². The number of hydrogen-bond acceptors (Lipinski definition) is 1. The van der Waals surface area contributed by atoms with Crippen LogP contribution in [0.2, 0.25) is 0 Å². The van der Waals surface area contributed by atoms with Crippen LogP contribution in [-0.4, -0.2) is 7.05 Å². The Balaban J connectivity index is 2.27. The Bertz CT molecular complexity index is 389. The molecule has 1 unspecified atom stereocenters. The maximum atomic E-state index is 3.64. The van der Waals surface area contributed by atoms with Crippen LogP contribution in [-0.2, 0) is 0 Å². The predicted octanol–water partition coefficient (Wildman–Crippen LogP) is 6.55. The van der Waals surface area contributed by atoms with Crippen molar-refractivity contribution in [1.82, 2.24) is 5.32 Å². The number of benzene rings is 1. The van der Waals surface area contributed by atoms with Crippen molar-refractivity contribution in [3.05, 3.63) is 33.8 Å². The van der Waals surface area contributed by atoms with E-state index in [1.54, 1.807) is 0 Å². The quantitative estimate of drug-likeness (QED) is 0.444. The molecule has 0 aliphatic carbocycles. The lowest BCUT2D eigenvalue weighted by molar-refractivity contribution is 0.493. The van der Waals surface area contributed by atoms with Gasteiger partial charge in [0.05, 0.1) is 0 Å². The number of hydrogen-bond donors (Lipinski definition) is 1. The lowest BCUT2D eigenvalue weighted by Gasteiger charge is -2.19. The Morgan fingerprint density at radius 1 is 1.00 bits per heavy atom. The highest BCUT2D eigenvalue weighted by molar-refractivity contribution is 9.10. The van der Waals surface area contributed by atoms with Gasteiger partial charge in [0.2, 0.25) is 0 Å². The summed E-state index contributed by atoms with van der Waals surface area (Å²) in [5.41, 5.74) is 2.81. The molecule has 1 aromatic rings. The molecule has 0 radical (unpaired) electrons. The molecule has 0 amide bonds. The summed E-state index contributed by atoms with van der Waals surface area (Å²) in [5, 5.41) is 3.48. The van der Waals surface area contributed by atoms with E-state index in [2.05, 4.69) is 60.3 Å². The Hall–Kier alpha value is -0.340. The summed E-state index contributed by atoms with van der Waals surface area (Å²) >= 11 is 3.64. The molecule has 0 fully saturated rings. The van der Waals surface area contributed by atoms with Crippen LogP contribution >= 0.6 is 15.9 Å². The van der Waals surface area contributed by atoms with Gasteiger partial charge in [0.1, 0.15) is 0 Å². The summed E-state index contributed by atoms with van der Waals surface area (Å²) in [6, 6.07) is 7.01. The monoisotopic (exact) mass is 353 g/mol. The fraction of sp³-hybridized carbons (Fsp3) is 0.684. The maximum absolute atomic E-state index is 3.64. The second kappa shape index (κ2) is 11.3. The highest BCUT2D eigenvalue weighted by atomic mass is 79.9. The van der Waals surface area contributed by atoms with Crippen molar-refractivity contribution < 1.29 is 0 Å². The summed E-state index contributed by atoms with van der Waals surface area (Å²) in [6.45, 7) is 4.49. The molecule has 1 atom stereocenters. The molecule has 1 nitrogen and oxygen atoms in total. The Labute approximate surface area is 140 Å². The summed E-state index contributed by atoms with van der Waals surface area (Å²) in [5.74, 6) is 0. The van der Waals surface area contributed by atoms with Gasteiger partial charge in [0, 0.05) is 10.5 Å². The van der Waals surface area contributed by atoms with Crippen LogP contribution in [0.1, 0.15) is 81.9 Å². The molecule has 0 aliphatic heterocycles. The van der Waals surface area contributed by atoms with Gasteiger partial charge in [-0.1, -0.05) is 86.4 Å². The Morgan fingerprint density at radius 2 is 1.62 bits per heavy atom. The molecule has 21 heavy (non-hydrogen) atoms. The van der Waals surface area contributed by atoms with Crippen LogP contribution < -0.4 is 5.32 Å². The summed E-state index contributed by atoms with van der Waals surface area (Å²) in [6.07, 6.45) is 12.4. The van der Waals surface area contributed by atoms with Crippen molar-refractivity contribution in [3.63, 3.8) is 0 Å². The van der Waals surface area contributed by atoms with Gasteiger partial charge in [-0.05, 0) is 37.6 Å². The molecular formula is C19H32BrN. The number of nitrogens with one attached hydrogen (secondary N) is 1. The molecule has 1 N–H and O–H groups in total. The molecule has 0 aromatic heterocycles. The molecule has 0 spiro atoms. The molecule has 2 heteroatoms. The normalized spacial score (nSPS) is 12.6. The topological polar surface area (TPSA) is 12.0 Å². The molecular weight excluding hydrogens is 322 g/mol. The van der Waals surface area contributed by atoms with Gasteiger partial charge >= 0.3 is 0 Å². The lowest BCUT2D eigenvalue weighted by Crippen LogP contribution is -2.17. The zero-order valence-corrected chi connectivity index (χ0v) is 15.6. The van der Waals surface area contributed by atoms with Gasteiger partial charge in [-0.3, -0.25) is 0 Å². The average Bonchev–Trinajstić information content (AvgIpc) is 2.49. The van der Waals surface area contributed by atoms with Crippen LogP contribution in [0.5, 0.6) is 0 Å². The third-order valence-electron chi connectivity index (χ3n) is 4.38. The van der Waals surface area contributed by atoms with Crippen molar-refractivity contribution in [1.29, 1.82) is 0 Å². The highest BCUT2D eigenvalue weighted by Crippen LogP contribution is 2.27. The van der Waals surface area contributed by atoms with Crippen molar-refractivity contribution in [2.45, 2.75) is 77.7 Å². The minimum absolute atomic E-state index is 0.489. The minimum Gasteiger partial charge on any atom is -0.313 e. The first-order chi connectivity index (χ1) is 10.2. The van der Waals surface area contributed by atoms with Gasteiger partial charge in [-0.15, -0.1) is 0 Å². The average molecular weight is 354 g/mol. The molecule has 0 aliphatic rings. The molecule has 0 bridgehead atoms. The molecule has 0 saturated heterocycles. The Kier molecular flexibility index (Phi) is 10.0. The van der Waals surface area contributed by atoms with Crippen LogP contribution in [0, 0.1) is 6.92 Å². The van der Waals surface area contributed by atoms with Crippen molar-refractivity contribution in [2.24, 2.45) is 0 Å². The number of rotatable bonds is 11. The fourth-order valence-electron chi connectivity index (χ4n) is 2.94. The first kappa shape index (κ1) is 18.7. The fourth-order valence-corrected chi connectivity index (χ4v) is 3.32. The van der Waals surface area contributed by atoms with E-state index < -0.39 is 0 Å². The maximum Gasteiger partial charge on any atom is 0.0320 e. The highest BCUT2D eigenvalue weighted by Gasteiger charge is 2.12. The van der Waals surface area contributed by atoms with Gasteiger partial charge < -0.3 is 5.32 Å². The van der Waals surface area contributed by atoms with Gasteiger partial charge in [-0.25, -0.2) is 0 Å². The van der Waals surface area contributed by atoms with E-state index in [9.17, 15) is 0 Å². The van der Waals surface area contributed by atoms with E-state index in [4.69, 9.17) is 0 Å². The Morgan fingerprint density at radius 3 is 2.24 bits per heavy atom. The van der Waals surface area contributed by atoms with Crippen molar-refractivity contribution in [2.75, 3.05) is 7.05 Å². The zero-order chi connectivity index (χ0) is 15.5. The van der Waals surface area contributed by atoms with Gasteiger partial charge in [0.25, 0.3) is 0 Å². The molecule has 1 rings (SSSR count). The predicted molar refractivity (Wildman–Crippen MR) is 97.9 cm³/mol. The summed E-state index contributed by atoms with van der Waals surface area (Å²) in [7, 11) is 2.08. The van der Waals surface area contributed by atoms with E-state index in [0.29, 0.717) is 6.04 Å². The molecule has 1 aromatic carbocycles. The third kappa shape index (κ3) is 6.97. The standard InChI is InChI=1S/C19H32BrN/c1-4-5-6-7-8-9-10-11-15-19(21-3)17-13-12-14-18(20)16(17)2/h12-14,19,21H,4-11,15H2,1-3H3. The molecule has 120 valence electrons. The van der Waals surface area contributed by atoms with Crippen LogP contribution in [0.4, 0.5) is 0 Å². The van der Waals surface area contributed by atoms with Crippen molar-refractivity contribution in [3.8, 4) is 0 Å². The van der Waals surface area contributed by atoms with E-state index in [0.717, 1.165) is 0 Å². The largest absolute Gasteiger partial charge is 0.313 e. The second-order valence-corrected chi connectivity index (χ2v) is 6.91. The lowest BCUT2D eigenvalue weighted by atomic mass is 9.96. The first-order valence-corrected chi connectivity index (χ1v) is 9.42. The number of halogens is 1. The van der Waals surface area contributed by atoms with E-state index >= 15 is 0 Å². The van der Waals surface area contributed by atoms with Crippen molar-refractivity contribution >= 4 is 15.9 Å². The molecule has 0 saturated carbocycles. The van der Waals surface area contributed by atoms with Crippen LogP contribution in [0.15, 0.2) is 22.7 Å². The smallest absolute Gasteiger partial charge is 0.0320 e. The van der Waals surface area contributed by atoms with Crippen LogP contribution in [0.3, 0.4) is 0 Å². The zero-order valence-electron chi connectivity index (χ0n) is 14.1. The number of unbranched alkanes of at least 4 members (excludes halogenated alkanes) is 7. The van der Waals surface area contributed by atoms with E-state index in [1.807, 2.05) is 0 Å². The third-order valence-corrected chi connectivity index (χ3v) is 5.24. The summed E-state index contributed by atoms with van der Waals surface area (Å²) in [4.78, 5) is 0.